The van der Waals surface area contributed by atoms with E-state index in [1.807, 2.05) is 54.6 Å². The van der Waals surface area contributed by atoms with Gasteiger partial charge in [-0.05, 0) is 35.4 Å². The second-order valence-electron chi connectivity index (χ2n) is 7.79. The molecular formula is C27H26N2O5. The fourth-order valence-corrected chi connectivity index (χ4v) is 4.07. The van der Waals surface area contributed by atoms with E-state index in [-0.39, 0.29) is 6.61 Å². The fourth-order valence-electron chi connectivity index (χ4n) is 4.07. The first kappa shape index (κ1) is 23.1. The van der Waals surface area contributed by atoms with Crippen LogP contribution in [0.5, 0.6) is 5.75 Å². The van der Waals surface area contributed by atoms with E-state index in [0.29, 0.717) is 41.8 Å². The van der Waals surface area contributed by atoms with Crippen molar-refractivity contribution in [1.82, 2.24) is 4.57 Å². The number of aromatic nitrogens is 1. The Morgan fingerprint density at radius 3 is 2.50 bits per heavy atom. The Hall–Kier alpha value is -4.10. The van der Waals surface area contributed by atoms with E-state index in [1.54, 1.807) is 12.1 Å². The van der Waals surface area contributed by atoms with Crippen molar-refractivity contribution in [1.29, 1.82) is 0 Å². The van der Waals surface area contributed by atoms with Crippen LogP contribution in [0.3, 0.4) is 0 Å². The molecule has 4 aromatic rings. The van der Waals surface area contributed by atoms with Crippen molar-refractivity contribution < 1.29 is 23.8 Å². The van der Waals surface area contributed by atoms with Gasteiger partial charge >= 0.3 is 5.97 Å². The number of rotatable bonds is 10. The molecule has 0 unspecified atom stereocenters. The van der Waals surface area contributed by atoms with Gasteiger partial charge in [-0.3, -0.25) is 4.79 Å². The highest BCUT2D eigenvalue weighted by Gasteiger charge is 2.21. The summed E-state index contributed by atoms with van der Waals surface area (Å²) in [5.74, 6) is -0.600. The van der Waals surface area contributed by atoms with Gasteiger partial charge in [-0.1, -0.05) is 42.5 Å². The molecule has 0 fully saturated rings. The van der Waals surface area contributed by atoms with Crippen LogP contribution in [0, 0.1) is 0 Å². The average molecular weight is 459 g/mol. The zero-order chi connectivity index (χ0) is 24.1. The maximum Gasteiger partial charge on any atom is 0.343 e. The van der Waals surface area contributed by atoms with E-state index < -0.39 is 11.9 Å². The molecule has 174 valence electrons. The first-order chi connectivity index (χ1) is 16.5. The third-order valence-corrected chi connectivity index (χ3v) is 5.54. The third kappa shape index (κ3) is 4.65. The van der Waals surface area contributed by atoms with Crippen molar-refractivity contribution in [3.8, 4) is 5.75 Å². The Morgan fingerprint density at radius 1 is 1.00 bits per heavy atom. The summed E-state index contributed by atoms with van der Waals surface area (Å²) in [5.41, 5.74) is 9.75. The molecule has 0 aliphatic carbocycles. The van der Waals surface area contributed by atoms with Crippen molar-refractivity contribution in [3.63, 3.8) is 0 Å². The Kier molecular flexibility index (Phi) is 6.94. The highest BCUT2D eigenvalue weighted by atomic mass is 16.6. The third-order valence-electron chi connectivity index (χ3n) is 5.54. The number of benzene rings is 3. The Bertz CT molecular complexity index is 1360. The van der Waals surface area contributed by atoms with Gasteiger partial charge < -0.3 is 24.5 Å². The molecule has 7 heteroatoms. The second kappa shape index (κ2) is 10.2. The molecule has 2 N–H and O–H groups in total. The van der Waals surface area contributed by atoms with Crippen LogP contribution in [-0.4, -0.2) is 36.8 Å². The summed E-state index contributed by atoms with van der Waals surface area (Å²) in [6.45, 7) is 4.70. The predicted molar refractivity (Wildman–Crippen MR) is 131 cm³/mol. The van der Waals surface area contributed by atoms with Gasteiger partial charge in [0.05, 0.1) is 36.7 Å². The van der Waals surface area contributed by atoms with Crippen molar-refractivity contribution in [2.45, 2.75) is 13.2 Å². The molecule has 0 bridgehead atoms. The van der Waals surface area contributed by atoms with Crippen LogP contribution in [0.15, 0.2) is 73.3 Å². The van der Waals surface area contributed by atoms with Gasteiger partial charge in [0.25, 0.3) is 0 Å². The summed E-state index contributed by atoms with van der Waals surface area (Å²) in [7, 11) is 1.30. The lowest BCUT2D eigenvalue weighted by Crippen LogP contribution is -2.13. The zero-order valence-corrected chi connectivity index (χ0v) is 19.0. The number of fused-ring (bicyclic) bond motifs is 3. The molecule has 4 rings (SSSR count). The molecule has 0 aliphatic heterocycles. The van der Waals surface area contributed by atoms with Crippen LogP contribution in [0.1, 0.15) is 21.5 Å². The number of methoxy groups -OCH3 is 1. The van der Waals surface area contributed by atoms with Crippen LogP contribution in [0.25, 0.3) is 21.8 Å². The van der Waals surface area contributed by atoms with E-state index >= 15 is 0 Å². The molecule has 1 amide bonds. The maximum absolute atomic E-state index is 12.4. The van der Waals surface area contributed by atoms with Crippen LogP contribution >= 0.6 is 0 Å². The lowest BCUT2D eigenvalue weighted by Gasteiger charge is -2.12. The summed E-state index contributed by atoms with van der Waals surface area (Å²) in [5, 5.41) is 1.39. The maximum atomic E-state index is 12.4. The number of nitrogens with zero attached hydrogens (tertiary/aromatic N) is 1. The molecule has 0 atom stereocenters. The van der Waals surface area contributed by atoms with Crippen molar-refractivity contribution in [2.75, 3.05) is 20.3 Å². The molecule has 0 saturated heterocycles. The smallest absolute Gasteiger partial charge is 0.343 e. The van der Waals surface area contributed by atoms with Gasteiger partial charge in [0.15, 0.2) is 6.61 Å². The van der Waals surface area contributed by atoms with Gasteiger partial charge in [0, 0.05) is 17.5 Å². The summed E-state index contributed by atoms with van der Waals surface area (Å²) in [6.07, 6.45) is 1.68. The monoisotopic (exact) mass is 458 g/mol. The van der Waals surface area contributed by atoms with Crippen LogP contribution in [0.2, 0.25) is 0 Å². The normalized spacial score (nSPS) is 11.0. The number of carbonyl (C=O) groups is 2. The molecule has 7 nitrogen and oxygen atoms in total. The molecule has 3 aromatic carbocycles. The van der Waals surface area contributed by atoms with Gasteiger partial charge in [0.1, 0.15) is 5.75 Å². The number of esters is 1. The lowest BCUT2D eigenvalue weighted by molar-refractivity contribution is -0.142. The molecule has 1 aromatic heterocycles. The molecule has 0 spiro atoms. The molecule has 34 heavy (non-hydrogen) atoms. The van der Waals surface area contributed by atoms with E-state index in [1.165, 1.54) is 7.11 Å². The van der Waals surface area contributed by atoms with Gasteiger partial charge in [-0.25, -0.2) is 4.79 Å². The van der Waals surface area contributed by atoms with Crippen molar-refractivity contribution in [3.05, 3.63) is 90.0 Å². The van der Waals surface area contributed by atoms with E-state index in [2.05, 4.69) is 11.1 Å². The zero-order valence-electron chi connectivity index (χ0n) is 19.0. The molecular weight excluding hydrogens is 432 g/mol. The Labute approximate surface area is 197 Å². The predicted octanol–water partition coefficient (Wildman–Crippen LogP) is 4.20. The van der Waals surface area contributed by atoms with Crippen LogP contribution in [0.4, 0.5) is 0 Å². The molecule has 0 saturated carbocycles. The van der Waals surface area contributed by atoms with E-state index in [9.17, 15) is 9.59 Å². The highest BCUT2D eigenvalue weighted by molar-refractivity contribution is 6.19. The number of carbonyl (C=O) groups excluding carboxylic acids is 2. The highest BCUT2D eigenvalue weighted by Crippen LogP contribution is 2.39. The molecule has 0 aliphatic rings. The number of amides is 1. The standard InChI is InChI=1S/C27H26N2O5/c1-3-12-33-16-19-13-22-26(23(14-19)34-17-24(30)32-2)25-20(27(28)31)10-7-11-21(25)29(22)15-18-8-5-4-6-9-18/h3-11,13-14H,1,12,15-17H2,2H3,(H2,28,31). The van der Waals surface area contributed by atoms with E-state index in [4.69, 9.17) is 19.9 Å². The van der Waals surface area contributed by atoms with Gasteiger partial charge in [-0.15, -0.1) is 6.58 Å². The quantitative estimate of drug-likeness (QED) is 0.218. The first-order valence-corrected chi connectivity index (χ1v) is 10.8. The minimum Gasteiger partial charge on any atom is -0.481 e. The number of ether oxygens (including phenoxy) is 3. The summed E-state index contributed by atoms with van der Waals surface area (Å²) in [4.78, 5) is 24.2. The second-order valence-corrected chi connectivity index (χ2v) is 7.79. The summed E-state index contributed by atoms with van der Waals surface area (Å²) >= 11 is 0. The van der Waals surface area contributed by atoms with Crippen LogP contribution in [-0.2, 0) is 27.4 Å². The Balaban J connectivity index is 2.00. The first-order valence-electron chi connectivity index (χ1n) is 10.8. The largest absolute Gasteiger partial charge is 0.481 e. The number of primary amides is 1. The summed E-state index contributed by atoms with van der Waals surface area (Å²) in [6, 6.07) is 19.3. The van der Waals surface area contributed by atoms with Gasteiger partial charge in [0.2, 0.25) is 5.91 Å². The number of hydrogen-bond donors (Lipinski definition) is 1. The van der Waals surface area contributed by atoms with E-state index in [0.717, 1.165) is 22.2 Å². The minimum atomic E-state index is -0.540. The van der Waals surface area contributed by atoms with Crippen LogP contribution < -0.4 is 10.5 Å². The molecule has 0 radical (unpaired) electrons. The Morgan fingerprint density at radius 2 is 1.79 bits per heavy atom. The lowest BCUT2D eigenvalue weighted by atomic mass is 10.0. The fraction of sp³-hybridized carbons (Fsp3) is 0.185. The SMILES string of the molecule is C=CCOCc1cc(OCC(=O)OC)c2c3c(C(N)=O)cccc3n(Cc3ccccc3)c2c1. The van der Waals surface area contributed by atoms with Gasteiger partial charge in [-0.2, -0.15) is 0 Å². The number of nitrogens with two attached hydrogens (primary N) is 1. The topological polar surface area (TPSA) is 92.8 Å². The average Bonchev–Trinajstić information content (AvgIpc) is 3.16. The van der Waals surface area contributed by atoms with Crippen molar-refractivity contribution in [2.24, 2.45) is 5.73 Å². The summed E-state index contributed by atoms with van der Waals surface area (Å²) < 4.78 is 18.4. The minimum absolute atomic E-state index is 0.271. The van der Waals surface area contributed by atoms with Crippen molar-refractivity contribution >= 4 is 33.7 Å². The molecule has 1 heterocycles. The number of hydrogen-bond acceptors (Lipinski definition) is 5.